The highest BCUT2D eigenvalue weighted by Gasteiger charge is 2.14. The molecular formula is C22H17N5. The number of nitrogens with zero attached hydrogens (tertiary/aromatic N) is 5. The van der Waals surface area contributed by atoms with Gasteiger partial charge in [-0.1, -0.05) is 60.7 Å². The van der Waals surface area contributed by atoms with Crippen LogP contribution in [0.3, 0.4) is 0 Å². The Morgan fingerprint density at radius 1 is 0.778 bits per heavy atom. The van der Waals surface area contributed by atoms with Gasteiger partial charge >= 0.3 is 0 Å². The lowest BCUT2D eigenvalue weighted by molar-refractivity contribution is 0.690. The molecular weight excluding hydrogens is 334 g/mol. The Bertz CT molecular complexity index is 1190. The first kappa shape index (κ1) is 15.5. The predicted octanol–water partition coefficient (Wildman–Crippen LogP) is 4.31. The Kier molecular flexibility index (Phi) is 3.76. The van der Waals surface area contributed by atoms with Crippen LogP contribution in [0, 0.1) is 0 Å². The molecule has 2 aromatic carbocycles. The minimum atomic E-state index is 0.673. The Morgan fingerprint density at radius 2 is 1.56 bits per heavy atom. The molecule has 0 saturated carbocycles. The number of rotatable bonds is 4. The number of hydrogen-bond donors (Lipinski definition) is 0. The van der Waals surface area contributed by atoms with Gasteiger partial charge in [-0.05, 0) is 29.3 Å². The molecule has 0 aliphatic carbocycles. The fraction of sp³-hybridized carbons (Fsp3) is 0.0455. The number of benzene rings is 2. The van der Waals surface area contributed by atoms with Crippen LogP contribution in [-0.4, -0.2) is 24.4 Å². The van der Waals surface area contributed by atoms with Crippen LogP contribution < -0.4 is 0 Å². The minimum absolute atomic E-state index is 0.673. The first-order valence-electron chi connectivity index (χ1n) is 8.85. The number of fused-ring (bicyclic) bond motifs is 1. The summed E-state index contributed by atoms with van der Waals surface area (Å²) in [4.78, 5) is 4.82. The molecule has 3 heterocycles. The summed E-state index contributed by atoms with van der Waals surface area (Å²) < 4.78 is 3.77. The lowest BCUT2D eigenvalue weighted by atomic mass is 10.1. The summed E-state index contributed by atoms with van der Waals surface area (Å²) in [5, 5.41) is 9.15. The zero-order valence-corrected chi connectivity index (χ0v) is 14.6. The van der Waals surface area contributed by atoms with Gasteiger partial charge in [-0.25, -0.2) is 9.50 Å². The van der Waals surface area contributed by atoms with Crippen LogP contribution in [0.4, 0.5) is 0 Å². The fourth-order valence-electron chi connectivity index (χ4n) is 3.26. The molecule has 0 amide bonds. The molecule has 0 N–H and O–H groups in total. The maximum atomic E-state index is 4.82. The lowest BCUT2D eigenvalue weighted by Gasteiger charge is -2.04. The van der Waals surface area contributed by atoms with Crippen LogP contribution in [0.15, 0.2) is 91.3 Å². The van der Waals surface area contributed by atoms with E-state index >= 15 is 0 Å². The van der Waals surface area contributed by atoms with E-state index in [4.69, 9.17) is 4.98 Å². The quantitative estimate of drug-likeness (QED) is 0.485. The molecule has 0 aliphatic rings. The van der Waals surface area contributed by atoms with Crippen molar-refractivity contribution in [3.63, 3.8) is 0 Å². The van der Waals surface area contributed by atoms with Gasteiger partial charge in [0.05, 0.1) is 6.54 Å². The van der Waals surface area contributed by atoms with Gasteiger partial charge in [-0.15, -0.1) is 5.10 Å². The van der Waals surface area contributed by atoms with E-state index in [1.165, 1.54) is 5.56 Å². The standard InChI is InChI=1S/C22H17N5/c1-3-8-17(9-4-1)16-27-20(13-14-23-27)21-24-22-19(12-7-15-26(22)25-21)18-10-5-2-6-11-18/h1-15H,16H2. The largest absolute Gasteiger partial charge is 0.257 e. The summed E-state index contributed by atoms with van der Waals surface area (Å²) >= 11 is 0. The molecule has 0 unspecified atom stereocenters. The third kappa shape index (κ3) is 2.89. The maximum absolute atomic E-state index is 4.82. The highest BCUT2D eigenvalue weighted by molar-refractivity contribution is 5.78. The maximum Gasteiger partial charge on any atom is 0.200 e. The third-order valence-electron chi connectivity index (χ3n) is 4.57. The summed E-state index contributed by atoms with van der Waals surface area (Å²) in [5.74, 6) is 0.673. The molecule has 5 rings (SSSR count). The Labute approximate surface area is 156 Å². The molecule has 0 saturated heterocycles. The van der Waals surface area contributed by atoms with Crippen LogP contribution in [0.2, 0.25) is 0 Å². The first-order chi connectivity index (χ1) is 13.4. The number of pyridine rings is 1. The Balaban J connectivity index is 1.59. The summed E-state index contributed by atoms with van der Waals surface area (Å²) in [6, 6.07) is 26.6. The van der Waals surface area contributed by atoms with Crippen molar-refractivity contribution in [3.8, 4) is 22.6 Å². The van der Waals surface area contributed by atoms with Crippen molar-refractivity contribution in [2.24, 2.45) is 0 Å². The van der Waals surface area contributed by atoms with E-state index < -0.39 is 0 Å². The highest BCUT2D eigenvalue weighted by atomic mass is 15.3. The van der Waals surface area contributed by atoms with Crippen molar-refractivity contribution < 1.29 is 0 Å². The summed E-state index contributed by atoms with van der Waals surface area (Å²) in [7, 11) is 0. The van der Waals surface area contributed by atoms with Crippen LogP contribution >= 0.6 is 0 Å². The van der Waals surface area contributed by atoms with E-state index in [0.29, 0.717) is 12.4 Å². The topological polar surface area (TPSA) is 48.0 Å². The predicted molar refractivity (Wildman–Crippen MR) is 105 cm³/mol. The van der Waals surface area contributed by atoms with Gasteiger partial charge in [0.2, 0.25) is 0 Å². The number of hydrogen-bond acceptors (Lipinski definition) is 3. The number of aromatic nitrogens is 5. The van der Waals surface area contributed by atoms with Crippen LogP contribution in [0.1, 0.15) is 5.56 Å². The van der Waals surface area contributed by atoms with Crippen molar-refractivity contribution in [1.82, 2.24) is 24.4 Å². The van der Waals surface area contributed by atoms with Crippen LogP contribution in [0.5, 0.6) is 0 Å². The van der Waals surface area contributed by atoms with Crippen LogP contribution in [0.25, 0.3) is 28.3 Å². The zero-order valence-electron chi connectivity index (χ0n) is 14.6. The zero-order chi connectivity index (χ0) is 18.1. The van der Waals surface area contributed by atoms with Crippen molar-refractivity contribution in [2.45, 2.75) is 6.54 Å². The fourth-order valence-corrected chi connectivity index (χ4v) is 3.26. The SMILES string of the molecule is c1ccc(Cn2nccc2-c2nc3c(-c4ccccc4)cccn3n2)cc1. The van der Waals surface area contributed by atoms with Gasteiger partial charge in [-0.2, -0.15) is 5.10 Å². The van der Waals surface area contributed by atoms with Crippen molar-refractivity contribution in [2.75, 3.05) is 0 Å². The van der Waals surface area contributed by atoms with Gasteiger partial charge < -0.3 is 0 Å². The molecule has 0 bridgehead atoms. The third-order valence-corrected chi connectivity index (χ3v) is 4.57. The van der Waals surface area contributed by atoms with Gasteiger partial charge in [0.25, 0.3) is 0 Å². The van der Waals surface area contributed by atoms with Gasteiger partial charge in [-0.3, -0.25) is 4.68 Å². The van der Waals surface area contributed by atoms with Gasteiger partial charge in [0.1, 0.15) is 5.69 Å². The molecule has 0 atom stereocenters. The second-order valence-electron chi connectivity index (χ2n) is 6.35. The molecule has 0 fully saturated rings. The molecule has 3 aromatic heterocycles. The molecule has 5 nitrogen and oxygen atoms in total. The Morgan fingerprint density at radius 3 is 2.37 bits per heavy atom. The smallest absolute Gasteiger partial charge is 0.200 e. The molecule has 0 radical (unpaired) electrons. The molecule has 130 valence electrons. The van der Waals surface area contributed by atoms with E-state index in [-0.39, 0.29) is 0 Å². The van der Waals surface area contributed by atoms with E-state index in [1.54, 1.807) is 6.20 Å². The van der Waals surface area contributed by atoms with Crippen molar-refractivity contribution >= 4 is 5.65 Å². The lowest BCUT2D eigenvalue weighted by Crippen LogP contribution is -2.04. The average molecular weight is 351 g/mol. The first-order valence-corrected chi connectivity index (χ1v) is 8.85. The molecule has 27 heavy (non-hydrogen) atoms. The minimum Gasteiger partial charge on any atom is -0.257 e. The van der Waals surface area contributed by atoms with E-state index in [1.807, 2.05) is 63.9 Å². The monoisotopic (exact) mass is 351 g/mol. The van der Waals surface area contributed by atoms with E-state index in [9.17, 15) is 0 Å². The van der Waals surface area contributed by atoms with Gasteiger partial charge in [0.15, 0.2) is 11.5 Å². The summed E-state index contributed by atoms with van der Waals surface area (Å²) in [6.07, 6.45) is 3.72. The molecule has 5 heteroatoms. The van der Waals surface area contributed by atoms with E-state index in [0.717, 1.165) is 22.5 Å². The molecule has 5 aromatic rings. The summed E-state index contributed by atoms with van der Waals surface area (Å²) in [5.41, 5.74) is 5.12. The Hall–Kier alpha value is -3.73. The summed E-state index contributed by atoms with van der Waals surface area (Å²) in [6.45, 7) is 0.685. The molecule has 0 spiro atoms. The van der Waals surface area contributed by atoms with Crippen molar-refractivity contribution in [1.29, 1.82) is 0 Å². The van der Waals surface area contributed by atoms with Crippen LogP contribution in [-0.2, 0) is 6.54 Å². The molecule has 0 aliphatic heterocycles. The normalized spacial score (nSPS) is 11.1. The average Bonchev–Trinajstić information content (AvgIpc) is 3.35. The second-order valence-corrected chi connectivity index (χ2v) is 6.35. The van der Waals surface area contributed by atoms with Crippen molar-refractivity contribution in [3.05, 3.63) is 96.8 Å². The highest BCUT2D eigenvalue weighted by Crippen LogP contribution is 2.25. The van der Waals surface area contributed by atoms with E-state index in [2.05, 4.69) is 40.5 Å². The van der Waals surface area contributed by atoms with Gasteiger partial charge in [0, 0.05) is 18.0 Å². The second kappa shape index (κ2) is 6.53.